The molecule has 0 unspecified atom stereocenters. The fraction of sp³-hybridized carbons (Fsp3) is 0.118. The molecule has 0 bridgehead atoms. The van der Waals surface area contributed by atoms with Gasteiger partial charge in [-0.3, -0.25) is 4.79 Å². The SMILES string of the molecule is Cc1cc(C(=O)Nc2ccc(-n3ccc(C(=O)O)n3)cc2)c(C)o1. The zero-order valence-corrected chi connectivity index (χ0v) is 13.1. The van der Waals surface area contributed by atoms with Gasteiger partial charge in [-0.2, -0.15) is 5.10 Å². The van der Waals surface area contributed by atoms with Crippen LogP contribution in [0.25, 0.3) is 5.69 Å². The lowest BCUT2D eigenvalue weighted by Crippen LogP contribution is -2.12. The summed E-state index contributed by atoms with van der Waals surface area (Å²) < 4.78 is 6.81. The van der Waals surface area contributed by atoms with Crippen LogP contribution in [0.3, 0.4) is 0 Å². The molecule has 0 saturated heterocycles. The van der Waals surface area contributed by atoms with Crippen LogP contribution in [-0.2, 0) is 0 Å². The molecule has 0 aliphatic carbocycles. The van der Waals surface area contributed by atoms with Crippen LogP contribution in [0.15, 0.2) is 47.0 Å². The lowest BCUT2D eigenvalue weighted by molar-refractivity contribution is 0.0689. The van der Waals surface area contributed by atoms with Crippen molar-refractivity contribution in [1.82, 2.24) is 9.78 Å². The first-order valence-electron chi connectivity index (χ1n) is 7.22. The first kappa shape index (κ1) is 15.5. The van der Waals surface area contributed by atoms with Gasteiger partial charge in [-0.05, 0) is 50.2 Å². The van der Waals surface area contributed by atoms with E-state index in [0.717, 1.165) is 0 Å². The van der Waals surface area contributed by atoms with E-state index in [4.69, 9.17) is 9.52 Å². The van der Waals surface area contributed by atoms with Gasteiger partial charge in [0.2, 0.25) is 0 Å². The van der Waals surface area contributed by atoms with Crippen molar-refractivity contribution in [3.8, 4) is 5.69 Å². The molecule has 0 saturated carbocycles. The predicted molar refractivity (Wildman–Crippen MR) is 86.7 cm³/mol. The number of carboxylic acids is 1. The Kier molecular flexibility index (Phi) is 3.91. The minimum Gasteiger partial charge on any atom is -0.476 e. The highest BCUT2D eigenvalue weighted by Crippen LogP contribution is 2.18. The first-order valence-corrected chi connectivity index (χ1v) is 7.22. The van der Waals surface area contributed by atoms with Gasteiger partial charge in [0.1, 0.15) is 11.5 Å². The molecular weight excluding hydrogens is 310 g/mol. The zero-order chi connectivity index (χ0) is 17.3. The minimum absolute atomic E-state index is 0.0295. The molecule has 0 aliphatic heterocycles. The Hall–Kier alpha value is -3.35. The normalized spacial score (nSPS) is 10.6. The second-order valence-electron chi connectivity index (χ2n) is 5.28. The molecule has 3 rings (SSSR count). The maximum atomic E-state index is 12.2. The minimum atomic E-state index is -1.08. The topological polar surface area (TPSA) is 97.4 Å². The van der Waals surface area contributed by atoms with Gasteiger partial charge >= 0.3 is 5.97 Å². The summed E-state index contributed by atoms with van der Waals surface area (Å²) in [6, 6.07) is 10.0. The van der Waals surface area contributed by atoms with Gasteiger partial charge in [-0.1, -0.05) is 0 Å². The van der Waals surface area contributed by atoms with E-state index in [9.17, 15) is 9.59 Å². The number of carbonyl (C=O) groups excluding carboxylic acids is 1. The molecule has 0 spiro atoms. The molecule has 122 valence electrons. The molecule has 0 atom stereocenters. The molecule has 2 N–H and O–H groups in total. The van der Waals surface area contributed by atoms with E-state index < -0.39 is 5.97 Å². The van der Waals surface area contributed by atoms with Gasteiger partial charge < -0.3 is 14.8 Å². The maximum Gasteiger partial charge on any atom is 0.356 e. The van der Waals surface area contributed by atoms with Crippen LogP contribution in [0.2, 0.25) is 0 Å². The Morgan fingerprint density at radius 3 is 2.42 bits per heavy atom. The number of anilines is 1. The molecule has 1 amide bonds. The van der Waals surface area contributed by atoms with Crippen LogP contribution in [0, 0.1) is 13.8 Å². The van der Waals surface area contributed by atoms with E-state index in [-0.39, 0.29) is 11.6 Å². The number of benzene rings is 1. The number of nitrogens with zero attached hydrogens (tertiary/aromatic N) is 2. The number of carbonyl (C=O) groups is 2. The van der Waals surface area contributed by atoms with Gasteiger partial charge in [-0.15, -0.1) is 0 Å². The van der Waals surface area contributed by atoms with Crippen molar-refractivity contribution in [2.75, 3.05) is 5.32 Å². The Bertz CT molecular complexity index is 906. The van der Waals surface area contributed by atoms with Crippen LogP contribution in [-0.4, -0.2) is 26.8 Å². The van der Waals surface area contributed by atoms with Crippen molar-refractivity contribution in [3.63, 3.8) is 0 Å². The number of amides is 1. The average molecular weight is 325 g/mol. The number of rotatable bonds is 4. The van der Waals surface area contributed by atoms with Crippen LogP contribution < -0.4 is 5.32 Å². The van der Waals surface area contributed by atoms with E-state index in [2.05, 4.69) is 10.4 Å². The average Bonchev–Trinajstić information content (AvgIpc) is 3.15. The number of hydrogen-bond donors (Lipinski definition) is 2. The molecule has 2 aromatic heterocycles. The number of hydrogen-bond acceptors (Lipinski definition) is 4. The largest absolute Gasteiger partial charge is 0.476 e. The predicted octanol–water partition coefficient (Wildman–Crippen LogP) is 3.03. The Balaban J connectivity index is 1.75. The maximum absolute atomic E-state index is 12.2. The molecule has 0 fully saturated rings. The summed E-state index contributed by atoms with van der Waals surface area (Å²) in [6.07, 6.45) is 1.56. The van der Waals surface area contributed by atoms with Crippen molar-refractivity contribution in [2.24, 2.45) is 0 Å². The second kappa shape index (κ2) is 6.04. The third kappa shape index (κ3) is 3.05. The third-order valence-electron chi connectivity index (χ3n) is 3.48. The third-order valence-corrected chi connectivity index (χ3v) is 3.48. The Labute approximate surface area is 137 Å². The fourth-order valence-corrected chi connectivity index (χ4v) is 2.33. The highest BCUT2D eigenvalue weighted by atomic mass is 16.4. The number of aromatic nitrogens is 2. The van der Waals surface area contributed by atoms with Crippen LogP contribution >= 0.6 is 0 Å². The van der Waals surface area contributed by atoms with Gasteiger partial charge in [0.05, 0.1) is 11.3 Å². The number of aryl methyl sites for hydroxylation is 2. The van der Waals surface area contributed by atoms with Gasteiger partial charge in [0, 0.05) is 11.9 Å². The Morgan fingerprint density at radius 2 is 1.88 bits per heavy atom. The fourth-order valence-electron chi connectivity index (χ4n) is 2.33. The van der Waals surface area contributed by atoms with E-state index in [1.54, 1.807) is 50.4 Å². The summed E-state index contributed by atoms with van der Waals surface area (Å²) >= 11 is 0. The Morgan fingerprint density at radius 1 is 1.17 bits per heavy atom. The highest BCUT2D eigenvalue weighted by molar-refractivity contribution is 6.05. The first-order chi connectivity index (χ1) is 11.4. The lowest BCUT2D eigenvalue weighted by Gasteiger charge is -2.06. The zero-order valence-electron chi connectivity index (χ0n) is 13.1. The van der Waals surface area contributed by atoms with Gasteiger partial charge in [-0.25, -0.2) is 9.48 Å². The molecular formula is C17H15N3O4. The van der Waals surface area contributed by atoms with Crippen LogP contribution in [0.1, 0.15) is 32.4 Å². The molecule has 24 heavy (non-hydrogen) atoms. The van der Waals surface area contributed by atoms with Crippen molar-refractivity contribution < 1.29 is 19.1 Å². The highest BCUT2D eigenvalue weighted by Gasteiger charge is 2.14. The van der Waals surface area contributed by atoms with Gasteiger partial charge in [0.25, 0.3) is 5.91 Å². The van der Waals surface area contributed by atoms with E-state index >= 15 is 0 Å². The van der Waals surface area contributed by atoms with Crippen molar-refractivity contribution in [3.05, 3.63) is 65.4 Å². The number of carboxylic acid groups (broad SMARTS) is 1. The summed E-state index contributed by atoms with van der Waals surface area (Å²) in [4.78, 5) is 23.1. The summed E-state index contributed by atoms with van der Waals surface area (Å²) in [5.41, 5.74) is 1.77. The van der Waals surface area contributed by atoms with Crippen molar-refractivity contribution in [1.29, 1.82) is 0 Å². The molecule has 7 nitrogen and oxygen atoms in total. The summed E-state index contributed by atoms with van der Waals surface area (Å²) in [6.45, 7) is 3.52. The molecule has 7 heteroatoms. The summed E-state index contributed by atoms with van der Waals surface area (Å²) in [7, 11) is 0. The van der Waals surface area contributed by atoms with Crippen molar-refractivity contribution in [2.45, 2.75) is 13.8 Å². The quantitative estimate of drug-likeness (QED) is 0.768. The lowest BCUT2D eigenvalue weighted by atomic mass is 10.2. The monoisotopic (exact) mass is 325 g/mol. The molecule has 0 radical (unpaired) electrons. The number of aromatic carboxylic acids is 1. The van der Waals surface area contributed by atoms with Crippen LogP contribution in [0.5, 0.6) is 0 Å². The molecule has 1 aromatic carbocycles. The smallest absolute Gasteiger partial charge is 0.356 e. The van der Waals surface area contributed by atoms with E-state index in [1.807, 2.05) is 0 Å². The second-order valence-corrected chi connectivity index (χ2v) is 5.28. The van der Waals surface area contributed by atoms with E-state index in [1.165, 1.54) is 10.7 Å². The summed E-state index contributed by atoms with van der Waals surface area (Å²) in [5.74, 6) is -0.0759. The van der Waals surface area contributed by atoms with Crippen LogP contribution in [0.4, 0.5) is 5.69 Å². The molecule has 3 aromatic rings. The summed E-state index contributed by atoms with van der Waals surface area (Å²) in [5, 5.41) is 15.6. The van der Waals surface area contributed by atoms with Gasteiger partial charge in [0.15, 0.2) is 5.69 Å². The van der Waals surface area contributed by atoms with E-state index in [0.29, 0.717) is 28.5 Å². The molecule has 2 heterocycles. The number of furan rings is 1. The molecule has 0 aliphatic rings. The standard InChI is InChI=1S/C17H15N3O4/c1-10-9-14(11(2)24-10)16(21)18-12-3-5-13(6-4-12)20-8-7-15(19-20)17(22)23/h3-9H,1-2H3,(H,18,21)(H,22,23). The number of nitrogens with one attached hydrogen (secondary N) is 1. The van der Waals surface area contributed by atoms with Crippen molar-refractivity contribution >= 4 is 17.6 Å².